The molecule has 0 heterocycles. The van der Waals surface area contributed by atoms with E-state index in [1.54, 1.807) is 0 Å². The lowest BCUT2D eigenvalue weighted by atomic mass is 9.88. The van der Waals surface area contributed by atoms with Crippen molar-refractivity contribution in [3.63, 3.8) is 0 Å². The van der Waals surface area contributed by atoms with Crippen molar-refractivity contribution in [1.82, 2.24) is 0 Å². The van der Waals surface area contributed by atoms with E-state index in [0.717, 1.165) is 22.6 Å². The molecule has 0 saturated heterocycles. The number of nitrogens with zero attached hydrogens (tertiary/aromatic N) is 1. The van der Waals surface area contributed by atoms with Crippen LogP contribution >= 0.6 is 0 Å². The first-order valence-electron chi connectivity index (χ1n) is 21.7. The molecule has 0 saturated carbocycles. The van der Waals surface area contributed by atoms with Gasteiger partial charge in [-0.1, -0.05) is 224 Å². The van der Waals surface area contributed by atoms with Crippen molar-refractivity contribution in [1.29, 1.82) is 0 Å². The van der Waals surface area contributed by atoms with Crippen LogP contribution in [0.5, 0.6) is 0 Å². The maximum Gasteiger partial charge on any atom is 0.0540 e. The quantitative estimate of drug-likeness (QED) is 0.131. The highest BCUT2D eigenvalue weighted by atomic mass is 15.1. The topological polar surface area (TPSA) is 3.24 Å². The molecule has 0 N–H and O–H groups in total. The van der Waals surface area contributed by atoms with Crippen molar-refractivity contribution in [2.45, 2.75) is 0 Å². The summed E-state index contributed by atoms with van der Waals surface area (Å²) < 4.78 is 0. The van der Waals surface area contributed by atoms with Crippen LogP contribution in [0.25, 0.3) is 88.3 Å². The Balaban J connectivity index is 1.04. The van der Waals surface area contributed by atoms with Gasteiger partial charge in [0.1, 0.15) is 0 Å². The number of fused-ring (bicyclic) bond motifs is 3. The van der Waals surface area contributed by atoms with Crippen LogP contribution in [0.3, 0.4) is 0 Å². The Kier molecular flexibility index (Phi) is 9.97. The molecule has 296 valence electrons. The molecule has 0 fully saturated rings. The van der Waals surface area contributed by atoms with Gasteiger partial charge in [0.25, 0.3) is 0 Å². The molecule has 0 atom stereocenters. The lowest BCUT2D eigenvalue weighted by Crippen LogP contribution is -2.11. The molecule has 0 radical (unpaired) electrons. The second-order valence-electron chi connectivity index (χ2n) is 16.0. The summed E-state index contributed by atoms with van der Waals surface area (Å²) in [5, 5.41) is 5.06. The van der Waals surface area contributed by atoms with Crippen LogP contribution in [0, 0.1) is 0 Å². The average molecular weight is 802 g/mol. The summed E-state index contributed by atoms with van der Waals surface area (Å²) in [5.41, 5.74) is 17.6. The number of rotatable bonds is 9. The Morgan fingerprint density at radius 3 is 1.19 bits per heavy atom. The van der Waals surface area contributed by atoms with Crippen molar-refractivity contribution >= 4 is 38.6 Å². The molecule has 11 aromatic rings. The molecular formula is C62H43N. The van der Waals surface area contributed by atoms with Crippen LogP contribution < -0.4 is 4.90 Å². The van der Waals surface area contributed by atoms with Gasteiger partial charge in [-0.05, 0) is 119 Å². The first-order chi connectivity index (χ1) is 31.3. The lowest BCUT2D eigenvalue weighted by Gasteiger charge is -2.29. The number of hydrogen-bond acceptors (Lipinski definition) is 1. The van der Waals surface area contributed by atoms with E-state index >= 15 is 0 Å². The fraction of sp³-hybridized carbons (Fsp3) is 0. The summed E-state index contributed by atoms with van der Waals surface area (Å²) in [6.07, 6.45) is 0. The Morgan fingerprint density at radius 1 is 0.206 bits per heavy atom. The Morgan fingerprint density at radius 2 is 0.587 bits per heavy atom. The molecule has 0 aliphatic carbocycles. The van der Waals surface area contributed by atoms with Gasteiger partial charge < -0.3 is 4.90 Å². The highest BCUT2D eigenvalue weighted by Gasteiger charge is 2.21. The lowest BCUT2D eigenvalue weighted by molar-refractivity contribution is 1.28. The molecule has 0 aliphatic heterocycles. The van der Waals surface area contributed by atoms with E-state index in [0.29, 0.717) is 0 Å². The smallest absolute Gasteiger partial charge is 0.0540 e. The van der Waals surface area contributed by atoms with Gasteiger partial charge in [-0.15, -0.1) is 0 Å². The number of hydrogen-bond donors (Lipinski definition) is 0. The standard InChI is InChI=1S/C62H43N/c1-3-17-45(18-4-1)53-23-9-10-24-55(53)48-35-40-52(41-36-48)63(51-38-33-44(34-39-51)49-37-42-57-50(43-49)32-31-47-21-7-8-22-54(47)57)62-30-16-15-29-61(62)60-28-14-13-27-59(60)58-26-12-11-25-56(58)46-19-5-2-6-20-46/h1-43H. The average Bonchev–Trinajstić information content (AvgIpc) is 3.37. The van der Waals surface area contributed by atoms with E-state index in [-0.39, 0.29) is 0 Å². The summed E-state index contributed by atoms with van der Waals surface area (Å²) in [6, 6.07) is 94.6. The molecular weight excluding hydrogens is 759 g/mol. The fourth-order valence-corrected chi connectivity index (χ4v) is 9.25. The van der Waals surface area contributed by atoms with Gasteiger partial charge in [0.2, 0.25) is 0 Å². The van der Waals surface area contributed by atoms with Crippen LogP contribution in [0.4, 0.5) is 17.1 Å². The zero-order chi connectivity index (χ0) is 42.0. The molecule has 11 aromatic carbocycles. The molecule has 63 heavy (non-hydrogen) atoms. The van der Waals surface area contributed by atoms with Crippen molar-refractivity contribution in [3.8, 4) is 66.8 Å². The number of para-hydroxylation sites is 1. The van der Waals surface area contributed by atoms with E-state index in [9.17, 15) is 0 Å². The molecule has 0 amide bonds. The van der Waals surface area contributed by atoms with Gasteiger partial charge in [-0.25, -0.2) is 0 Å². The number of benzene rings is 11. The summed E-state index contributed by atoms with van der Waals surface area (Å²) in [7, 11) is 0. The fourth-order valence-electron chi connectivity index (χ4n) is 9.25. The van der Waals surface area contributed by atoms with Gasteiger partial charge in [-0.3, -0.25) is 0 Å². The molecule has 0 bridgehead atoms. The summed E-state index contributed by atoms with van der Waals surface area (Å²) in [4.78, 5) is 2.42. The van der Waals surface area contributed by atoms with Crippen molar-refractivity contribution < 1.29 is 0 Å². The Labute approximate surface area is 369 Å². The van der Waals surface area contributed by atoms with E-state index in [1.165, 1.54) is 82.7 Å². The first kappa shape index (κ1) is 37.7. The molecule has 0 aliphatic rings. The van der Waals surface area contributed by atoms with Gasteiger partial charge >= 0.3 is 0 Å². The third-order valence-corrected chi connectivity index (χ3v) is 12.3. The molecule has 0 spiro atoms. The predicted molar refractivity (Wildman–Crippen MR) is 269 cm³/mol. The Bertz CT molecular complexity index is 3370. The van der Waals surface area contributed by atoms with Crippen LogP contribution in [0.1, 0.15) is 0 Å². The van der Waals surface area contributed by atoms with Gasteiger partial charge in [0, 0.05) is 16.9 Å². The van der Waals surface area contributed by atoms with Crippen LogP contribution in [0.2, 0.25) is 0 Å². The molecule has 0 aromatic heterocycles. The van der Waals surface area contributed by atoms with Crippen LogP contribution in [-0.2, 0) is 0 Å². The van der Waals surface area contributed by atoms with E-state index in [2.05, 4.69) is 266 Å². The van der Waals surface area contributed by atoms with Gasteiger partial charge in [0.15, 0.2) is 0 Å². The van der Waals surface area contributed by atoms with Gasteiger partial charge in [-0.2, -0.15) is 0 Å². The highest BCUT2D eigenvalue weighted by molar-refractivity contribution is 6.08. The second-order valence-corrected chi connectivity index (χ2v) is 16.0. The van der Waals surface area contributed by atoms with E-state index in [4.69, 9.17) is 0 Å². The second kappa shape index (κ2) is 16.7. The zero-order valence-electron chi connectivity index (χ0n) is 34.8. The molecule has 0 unspecified atom stereocenters. The minimum Gasteiger partial charge on any atom is -0.310 e. The SMILES string of the molecule is c1ccc(-c2ccccc2-c2ccc(N(c3ccc(-c4ccc5c(ccc6ccccc65)c4)cc3)c3ccccc3-c3ccccc3-c3ccccc3-c3ccccc3)cc2)cc1. The maximum absolute atomic E-state index is 2.42. The highest BCUT2D eigenvalue weighted by Crippen LogP contribution is 2.46. The summed E-state index contributed by atoms with van der Waals surface area (Å²) in [6.45, 7) is 0. The van der Waals surface area contributed by atoms with Crippen molar-refractivity contribution in [3.05, 3.63) is 261 Å². The normalized spacial score (nSPS) is 11.2. The molecule has 11 rings (SSSR count). The van der Waals surface area contributed by atoms with E-state index < -0.39 is 0 Å². The minimum absolute atomic E-state index is 1.08. The summed E-state index contributed by atoms with van der Waals surface area (Å²) in [5.74, 6) is 0. The largest absolute Gasteiger partial charge is 0.310 e. The number of anilines is 3. The van der Waals surface area contributed by atoms with Crippen molar-refractivity contribution in [2.24, 2.45) is 0 Å². The van der Waals surface area contributed by atoms with Gasteiger partial charge in [0.05, 0.1) is 5.69 Å². The van der Waals surface area contributed by atoms with Crippen LogP contribution in [-0.4, -0.2) is 0 Å². The van der Waals surface area contributed by atoms with Crippen molar-refractivity contribution in [2.75, 3.05) is 4.90 Å². The van der Waals surface area contributed by atoms with E-state index in [1.807, 2.05) is 0 Å². The third-order valence-electron chi connectivity index (χ3n) is 12.3. The summed E-state index contributed by atoms with van der Waals surface area (Å²) >= 11 is 0. The molecule has 1 nitrogen and oxygen atoms in total. The predicted octanol–water partition coefficient (Wildman–Crippen LogP) is 17.5. The monoisotopic (exact) mass is 801 g/mol. The molecule has 1 heteroatoms. The Hall–Kier alpha value is -8.26. The minimum atomic E-state index is 1.08. The third kappa shape index (κ3) is 7.26. The van der Waals surface area contributed by atoms with Crippen LogP contribution in [0.15, 0.2) is 261 Å². The first-order valence-corrected chi connectivity index (χ1v) is 21.7. The maximum atomic E-state index is 2.42. The zero-order valence-corrected chi connectivity index (χ0v) is 34.8.